The Morgan fingerprint density at radius 3 is 2.00 bits per heavy atom. The number of carbonyl (C=O) groups excluding carboxylic acids is 2. The van der Waals surface area contributed by atoms with E-state index < -0.39 is 29.4 Å². The highest BCUT2D eigenvalue weighted by Gasteiger charge is 2.23. The molecule has 0 unspecified atom stereocenters. The maximum atomic E-state index is 12.1. The molecular formula is C18H26N2O6. The summed E-state index contributed by atoms with van der Waals surface area (Å²) < 4.78 is 10.4. The number of benzene rings is 1. The largest absolute Gasteiger partial charge is 0.478 e. The van der Waals surface area contributed by atoms with Crippen LogP contribution in [0.4, 0.5) is 21.0 Å². The SMILES string of the molecule is CN(C(=O)OC(C)(C)C)c1ccc(NC(=O)OC(C)(C)C)c(C(=O)O)c1. The molecule has 8 nitrogen and oxygen atoms in total. The average molecular weight is 366 g/mol. The first-order valence-electron chi connectivity index (χ1n) is 8.03. The number of carboxylic acids is 1. The van der Waals surface area contributed by atoms with E-state index in [4.69, 9.17) is 9.47 Å². The minimum absolute atomic E-state index is 0.0630. The van der Waals surface area contributed by atoms with Gasteiger partial charge in [-0.25, -0.2) is 14.4 Å². The fourth-order valence-electron chi connectivity index (χ4n) is 1.88. The van der Waals surface area contributed by atoms with Crippen LogP contribution in [0.5, 0.6) is 0 Å². The van der Waals surface area contributed by atoms with E-state index in [0.717, 1.165) is 0 Å². The first-order chi connectivity index (χ1) is 11.7. The van der Waals surface area contributed by atoms with Gasteiger partial charge in [-0.2, -0.15) is 0 Å². The second kappa shape index (κ2) is 7.63. The number of anilines is 2. The number of aromatic carboxylic acids is 1. The Kier molecular flexibility index (Phi) is 6.25. The molecule has 0 spiro atoms. The van der Waals surface area contributed by atoms with Gasteiger partial charge in [0, 0.05) is 12.7 Å². The van der Waals surface area contributed by atoms with E-state index in [1.165, 1.54) is 30.1 Å². The zero-order chi connectivity index (χ0) is 20.3. The maximum absolute atomic E-state index is 12.1. The van der Waals surface area contributed by atoms with E-state index in [1.54, 1.807) is 41.5 Å². The van der Waals surface area contributed by atoms with Crippen molar-refractivity contribution in [3.63, 3.8) is 0 Å². The van der Waals surface area contributed by atoms with E-state index in [2.05, 4.69) is 5.32 Å². The molecule has 0 aliphatic heterocycles. The third-order valence-corrected chi connectivity index (χ3v) is 2.92. The molecule has 1 aromatic carbocycles. The van der Waals surface area contributed by atoms with Crippen molar-refractivity contribution >= 4 is 29.5 Å². The quantitative estimate of drug-likeness (QED) is 0.834. The van der Waals surface area contributed by atoms with Crippen LogP contribution in [-0.2, 0) is 9.47 Å². The molecule has 2 amide bonds. The topological polar surface area (TPSA) is 105 Å². The zero-order valence-electron chi connectivity index (χ0n) is 16.2. The molecule has 2 N–H and O–H groups in total. The second-order valence-electron chi connectivity index (χ2n) is 7.70. The van der Waals surface area contributed by atoms with Crippen LogP contribution in [0.3, 0.4) is 0 Å². The van der Waals surface area contributed by atoms with Crippen molar-refractivity contribution in [3.8, 4) is 0 Å². The van der Waals surface area contributed by atoms with Crippen molar-refractivity contribution in [2.75, 3.05) is 17.3 Å². The highest BCUT2D eigenvalue weighted by Crippen LogP contribution is 2.25. The third-order valence-electron chi connectivity index (χ3n) is 2.92. The zero-order valence-corrected chi connectivity index (χ0v) is 16.2. The molecule has 0 atom stereocenters. The Morgan fingerprint density at radius 2 is 1.54 bits per heavy atom. The van der Waals surface area contributed by atoms with Crippen molar-refractivity contribution in [3.05, 3.63) is 23.8 Å². The Balaban J connectivity index is 3.07. The van der Waals surface area contributed by atoms with Crippen molar-refractivity contribution in [1.29, 1.82) is 0 Å². The molecule has 0 saturated carbocycles. The van der Waals surface area contributed by atoms with Gasteiger partial charge in [0.05, 0.1) is 11.3 Å². The smallest absolute Gasteiger partial charge is 0.414 e. The lowest BCUT2D eigenvalue weighted by atomic mass is 10.1. The third kappa shape index (κ3) is 6.62. The van der Waals surface area contributed by atoms with Gasteiger partial charge >= 0.3 is 18.2 Å². The van der Waals surface area contributed by atoms with Gasteiger partial charge in [-0.1, -0.05) is 0 Å². The summed E-state index contributed by atoms with van der Waals surface area (Å²) in [5.74, 6) is -1.25. The van der Waals surface area contributed by atoms with Crippen LogP contribution in [0.15, 0.2) is 18.2 Å². The molecule has 0 aliphatic rings. The van der Waals surface area contributed by atoms with E-state index >= 15 is 0 Å². The molecule has 0 radical (unpaired) electrons. The lowest BCUT2D eigenvalue weighted by molar-refractivity contribution is 0.0584. The number of rotatable bonds is 3. The summed E-state index contributed by atoms with van der Waals surface area (Å²) >= 11 is 0. The Hall–Kier alpha value is -2.77. The van der Waals surface area contributed by atoms with Gasteiger partial charge in [-0.05, 0) is 59.7 Å². The van der Waals surface area contributed by atoms with Gasteiger partial charge in [-0.3, -0.25) is 10.2 Å². The molecule has 0 saturated heterocycles. The number of hydrogen-bond acceptors (Lipinski definition) is 5. The number of ether oxygens (including phenoxy) is 2. The molecule has 0 aliphatic carbocycles. The predicted octanol–water partition coefficient (Wildman–Crippen LogP) is 4.10. The molecule has 0 heterocycles. The van der Waals surface area contributed by atoms with Gasteiger partial charge in [0.15, 0.2) is 0 Å². The Labute approximate surface area is 153 Å². The van der Waals surface area contributed by atoms with Gasteiger partial charge in [0.25, 0.3) is 0 Å². The number of hydrogen-bond donors (Lipinski definition) is 2. The van der Waals surface area contributed by atoms with Crippen LogP contribution in [0.1, 0.15) is 51.9 Å². The Bertz CT molecular complexity index is 701. The maximum Gasteiger partial charge on any atom is 0.414 e. The normalized spacial score (nSPS) is 11.5. The first kappa shape index (κ1) is 21.3. The van der Waals surface area contributed by atoms with Gasteiger partial charge in [0.1, 0.15) is 11.2 Å². The standard InChI is InChI=1S/C18H26N2O6/c1-17(2,3)25-15(23)19-13-9-8-11(10-12(13)14(21)22)20(7)16(24)26-18(4,5)6/h8-10H,1-7H3,(H,19,23)(H,21,22). The van der Waals surface area contributed by atoms with Crippen molar-refractivity contribution in [2.24, 2.45) is 0 Å². The number of amides is 2. The lowest BCUT2D eigenvalue weighted by Gasteiger charge is -2.25. The van der Waals surface area contributed by atoms with Gasteiger partial charge < -0.3 is 14.6 Å². The van der Waals surface area contributed by atoms with Crippen LogP contribution in [-0.4, -0.2) is 41.5 Å². The van der Waals surface area contributed by atoms with E-state index in [0.29, 0.717) is 5.69 Å². The molecule has 0 bridgehead atoms. The molecular weight excluding hydrogens is 340 g/mol. The van der Waals surface area contributed by atoms with Crippen LogP contribution >= 0.6 is 0 Å². The minimum Gasteiger partial charge on any atom is -0.478 e. The van der Waals surface area contributed by atoms with Crippen LogP contribution in [0, 0.1) is 0 Å². The molecule has 8 heteroatoms. The number of carboxylic acid groups (broad SMARTS) is 1. The summed E-state index contributed by atoms with van der Waals surface area (Å²) in [6.07, 6.45) is -1.39. The van der Waals surface area contributed by atoms with Crippen LogP contribution in [0.2, 0.25) is 0 Å². The van der Waals surface area contributed by atoms with Crippen molar-refractivity contribution in [2.45, 2.75) is 52.7 Å². The summed E-state index contributed by atoms with van der Waals surface area (Å²) in [4.78, 5) is 36.7. The van der Waals surface area contributed by atoms with Crippen molar-refractivity contribution in [1.82, 2.24) is 0 Å². The number of carbonyl (C=O) groups is 3. The molecule has 26 heavy (non-hydrogen) atoms. The Morgan fingerprint density at radius 1 is 1.00 bits per heavy atom. The van der Waals surface area contributed by atoms with Crippen LogP contribution in [0.25, 0.3) is 0 Å². The molecule has 0 aromatic heterocycles. The van der Waals surface area contributed by atoms with E-state index in [-0.39, 0.29) is 11.3 Å². The van der Waals surface area contributed by atoms with Crippen molar-refractivity contribution < 1.29 is 29.0 Å². The molecule has 1 aromatic rings. The summed E-state index contributed by atoms with van der Waals surface area (Å²) in [6.45, 7) is 10.3. The molecule has 1 rings (SSSR count). The lowest BCUT2D eigenvalue weighted by Crippen LogP contribution is -2.34. The van der Waals surface area contributed by atoms with Gasteiger partial charge in [-0.15, -0.1) is 0 Å². The van der Waals surface area contributed by atoms with Crippen LogP contribution < -0.4 is 10.2 Å². The summed E-state index contributed by atoms with van der Waals surface area (Å²) in [6, 6.07) is 4.17. The summed E-state index contributed by atoms with van der Waals surface area (Å²) in [7, 11) is 1.47. The summed E-state index contributed by atoms with van der Waals surface area (Å²) in [5.41, 5.74) is -1.20. The number of nitrogens with zero attached hydrogens (tertiary/aromatic N) is 1. The fraction of sp³-hybridized carbons (Fsp3) is 0.500. The second-order valence-corrected chi connectivity index (χ2v) is 7.70. The van der Waals surface area contributed by atoms with Gasteiger partial charge in [0.2, 0.25) is 0 Å². The number of nitrogens with one attached hydrogen (secondary N) is 1. The van der Waals surface area contributed by atoms with E-state index in [9.17, 15) is 19.5 Å². The average Bonchev–Trinajstić information content (AvgIpc) is 2.42. The predicted molar refractivity (Wildman–Crippen MR) is 97.9 cm³/mol. The van der Waals surface area contributed by atoms with E-state index in [1.807, 2.05) is 0 Å². The fourth-order valence-corrected chi connectivity index (χ4v) is 1.88. The molecule has 144 valence electrons. The first-order valence-corrected chi connectivity index (χ1v) is 8.03. The highest BCUT2D eigenvalue weighted by molar-refractivity contribution is 6.01. The summed E-state index contributed by atoms with van der Waals surface area (Å²) in [5, 5.41) is 11.8. The highest BCUT2D eigenvalue weighted by atomic mass is 16.6. The molecule has 0 fully saturated rings. The monoisotopic (exact) mass is 366 g/mol. The minimum atomic E-state index is -1.25.